The second-order valence-electron chi connectivity index (χ2n) is 9.14. The van der Waals surface area contributed by atoms with Gasteiger partial charge in [-0.2, -0.15) is 13.2 Å². The van der Waals surface area contributed by atoms with Crippen LogP contribution in [0.2, 0.25) is 5.02 Å². The molecule has 0 aliphatic heterocycles. The predicted molar refractivity (Wildman–Crippen MR) is 122 cm³/mol. The van der Waals surface area contributed by atoms with Crippen molar-refractivity contribution in [2.45, 2.75) is 40.4 Å². The molecule has 0 bridgehead atoms. The number of benzene rings is 2. The highest BCUT2D eigenvalue weighted by atomic mass is 35.5. The summed E-state index contributed by atoms with van der Waals surface area (Å²) >= 11 is 5.79. The molecule has 0 aliphatic rings. The van der Waals surface area contributed by atoms with Gasteiger partial charge in [-0.05, 0) is 41.2 Å². The molecule has 0 saturated heterocycles. The van der Waals surface area contributed by atoms with Crippen molar-refractivity contribution in [1.29, 1.82) is 0 Å². The van der Waals surface area contributed by atoms with Gasteiger partial charge in [-0.3, -0.25) is 4.79 Å². The van der Waals surface area contributed by atoms with E-state index in [9.17, 15) is 22.4 Å². The van der Waals surface area contributed by atoms with Crippen molar-refractivity contribution in [3.8, 4) is 11.1 Å². The minimum absolute atomic E-state index is 0.0280. The summed E-state index contributed by atoms with van der Waals surface area (Å²) in [5, 5.41) is 2.59. The molecule has 2 aromatic carbocycles. The fraction of sp³-hybridized carbons (Fsp3) is 0.320. The van der Waals surface area contributed by atoms with Crippen molar-refractivity contribution >= 4 is 17.5 Å². The van der Waals surface area contributed by atoms with Gasteiger partial charge >= 0.3 is 6.18 Å². The van der Waals surface area contributed by atoms with Crippen molar-refractivity contribution in [2.75, 3.05) is 6.54 Å². The third-order valence-corrected chi connectivity index (χ3v) is 5.47. The largest absolute Gasteiger partial charge is 0.431 e. The minimum Gasteiger partial charge on any atom is -0.350 e. The van der Waals surface area contributed by atoms with Crippen LogP contribution in [-0.4, -0.2) is 17.0 Å². The van der Waals surface area contributed by atoms with Gasteiger partial charge in [-0.1, -0.05) is 68.8 Å². The summed E-state index contributed by atoms with van der Waals surface area (Å²) in [5.74, 6) is -1.44. The molecule has 1 amide bonds. The molecule has 8 heteroatoms. The van der Waals surface area contributed by atoms with Crippen LogP contribution in [0.25, 0.3) is 11.1 Å². The van der Waals surface area contributed by atoms with E-state index in [0.717, 1.165) is 10.6 Å². The number of aromatic nitrogens is 1. The smallest absolute Gasteiger partial charge is 0.350 e. The highest BCUT2D eigenvalue weighted by molar-refractivity contribution is 6.30. The van der Waals surface area contributed by atoms with E-state index in [4.69, 9.17) is 11.6 Å². The van der Waals surface area contributed by atoms with Gasteiger partial charge in [0.2, 0.25) is 0 Å². The first-order chi connectivity index (χ1) is 15.3. The van der Waals surface area contributed by atoms with E-state index in [2.05, 4.69) is 5.32 Å². The Morgan fingerprint density at radius 1 is 1.06 bits per heavy atom. The summed E-state index contributed by atoms with van der Waals surface area (Å²) in [6.07, 6.45) is -4.73. The third-order valence-electron chi connectivity index (χ3n) is 5.16. The molecule has 3 rings (SSSR count). The Morgan fingerprint density at radius 2 is 1.70 bits per heavy atom. The molecular formula is C25H25ClF4N2O. The number of carbonyl (C=O) groups is 1. The molecule has 0 radical (unpaired) electrons. The molecule has 0 aliphatic carbocycles. The number of nitrogens with zero attached hydrogens (tertiary/aromatic N) is 1. The molecule has 33 heavy (non-hydrogen) atoms. The Hall–Kier alpha value is -2.80. The fourth-order valence-corrected chi connectivity index (χ4v) is 3.82. The van der Waals surface area contributed by atoms with E-state index < -0.39 is 23.6 Å². The Bertz CT molecular complexity index is 1160. The normalized spacial score (nSPS) is 12.2. The standard InChI is InChI=1S/C25H25ClF4N2O/c1-15-20(17-10-11-18(26)19(27)12-17)21(23(33)31-14-24(2,3)4)32(22(15)25(28,29)30)13-16-8-6-5-7-9-16/h5-12H,13-14H2,1-4H3,(H,31,33). The number of carbonyl (C=O) groups excluding carboxylic acids is 1. The first-order valence-corrected chi connectivity index (χ1v) is 10.7. The zero-order valence-electron chi connectivity index (χ0n) is 18.8. The van der Waals surface area contributed by atoms with Crippen molar-refractivity contribution < 1.29 is 22.4 Å². The van der Waals surface area contributed by atoms with Crippen LogP contribution in [0.5, 0.6) is 0 Å². The van der Waals surface area contributed by atoms with Crippen LogP contribution in [0.1, 0.15) is 48.1 Å². The Balaban J connectivity index is 2.30. The maximum atomic E-state index is 14.3. The van der Waals surface area contributed by atoms with Gasteiger partial charge in [0.25, 0.3) is 5.91 Å². The summed E-state index contributed by atoms with van der Waals surface area (Å²) in [6.45, 7) is 7.07. The topological polar surface area (TPSA) is 34.0 Å². The van der Waals surface area contributed by atoms with Crippen LogP contribution < -0.4 is 5.32 Å². The van der Waals surface area contributed by atoms with E-state index >= 15 is 0 Å². The Kier molecular flexibility index (Phi) is 6.93. The van der Waals surface area contributed by atoms with Crippen LogP contribution in [0.3, 0.4) is 0 Å². The van der Waals surface area contributed by atoms with E-state index in [1.54, 1.807) is 30.3 Å². The van der Waals surface area contributed by atoms with Crippen LogP contribution >= 0.6 is 11.6 Å². The molecule has 176 valence electrons. The first-order valence-electron chi connectivity index (χ1n) is 10.4. The first kappa shape index (κ1) is 24.8. The van der Waals surface area contributed by atoms with Crippen LogP contribution in [0, 0.1) is 18.2 Å². The minimum atomic E-state index is -4.73. The number of amides is 1. The second kappa shape index (κ2) is 9.21. The average molecular weight is 481 g/mol. The van der Waals surface area contributed by atoms with Crippen LogP contribution in [0.15, 0.2) is 48.5 Å². The highest BCUT2D eigenvalue weighted by Crippen LogP contribution is 2.42. The summed E-state index contributed by atoms with van der Waals surface area (Å²) < 4.78 is 58.0. The lowest BCUT2D eigenvalue weighted by Gasteiger charge is -2.20. The summed E-state index contributed by atoms with van der Waals surface area (Å²) in [7, 11) is 0. The van der Waals surface area contributed by atoms with Gasteiger partial charge in [0, 0.05) is 18.7 Å². The van der Waals surface area contributed by atoms with Gasteiger partial charge in [0.1, 0.15) is 17.2 Å². The monoisotopic (exact) mass is 480 g/mol. The van der Waals surface area contributed by atoms with E-state index in [1.807, 2.05) is 20.8 Å². The molecule has 1 N–H and O–H groups in total. The fourth-order valence-electron chi connectivity index (χ4n) is 3.71. The SMILES string of the molecule is Cc1c(-c2ccc(Cl)c(F)c2)c(C(=O)NCC(C)(C)C)n(Cc2ccccc2)c1C(F)(F)F. The maximum absolute atomic E-state index is 14.3. The molecule has 1 aromatic heterocycles. The molecule has 0 unspecified atom stereocenters. The average Bonchev–Trinajstić information content (AvgIpc) is 3.00. The van der Waals surface area contributed by atoms with Crippen molar-refractivity contribution in [3.05, 3.63) is 81.9 Å². The van der Waals surface area contributed by atoms with E-state index in [-0.39, 0.29) is 45.9 Å². The second-order valence-corrected chi connectivity index (χ2v) is 9.55. The number of rotatable bonds is 5. The van der Waals surface area contributed by atoms with Crippen molar-refractivity contribution in [1.82, 2.24) is 9.88 Å². The van der Waals surface area contributed by atoms with Gasteiger partial charge in [-0.15, -0.1) is 0 Å². The number of nitrogens with one attached hydrogen (secondary N) is 1. The maximum Gasteiger partial charge on any atom is 0.431 e. The molecule has 0 atom stereocenters. The summed E-state index contributed by atoms with van der Waals surface area (Å²) in [6, 6.07) is 12.3. The van der Waals surface area contributed by atoms with Gasteiger partial charge in [-0.25, -0.2) is 4.39 Å². The lowest BCUT2D eigenvalue weighted by Crippen LogP contribution is -2.34. The number of halogens is 5. The summed E-state index contributed by atoms with van der Waals surface area (Å²) in [5.41, 5.74) is -0.793. The molecule has 1 heterocycles. The van der Waals surface area contributed by atoms with Crippen LogP contribution in [0.4, 0.5) is 17.6 Å². The van der Waals surface area contributed by atoms with Crippen molar-refractivity contribution in [3.63, 3.8) is 0 Å². The van der Waals surface area contributed by atoms with Gasteiger partial charge in [0.05, 0.1) is 5.02 Å². The number of hydrogen-bond acceptors (Lipinski definition) is 1. The lowest BCUT2D eigenvalue weighted by atomic mass is 9.96. The summed E-state index contributed by atoms with van der Waals surface area (Å²) in [4.78, 5) is 13.3. The van der Waals surface area contributed by atoms with Gasteiger partial charge < -0.3 is 9.88 Å². The zero-order chi connectivity index (χ0) is 24.6. The Labute approximate surface area is 195 Å². The molecule has 0 saturated carbocycles. The molecule has 3 aromatic rings. The zero-order valence-corrected chi connectivity index (χ0v) is 19.5. The number of alkyl halides is 3. The van der Waals surface area contributed by atoms with Crippen LogP contribution in [-0.2, 0) is 12.7 Å². The number of hydrogen-bond donors (Lipinski definition) is 1. The van der Waals surface area contributed by atoms with Gasteiger partial charge in [0.15, 0.2) is 0 Å². The molecule has 3 nitrogen and oxygen atoms in total. The van der Waals surface area contributed by atoms with E-state index in [0.29, 0.717) is 5.56 Å². The molecule has 0 spiro atoms. The highest BCUT2D eigenvalue weighted by Gasteiger charge is 2.41. The van der Waals surface area contributed by atoms with E-state index in [1.165, 1.54) is 19.1 Å². The predicted octanol–water partition coefficient (Wildman–Crippen LogP) is 7.10. The third kappa shape index (κ3) is 5.58. The lowest BCUT2D eigenvalue weighted by molar-refractivity contribution is -0.143. The molecule has 0 fully saturated rings. The molecular weight excluding hydrogens is 456 g/mol. The van der Waals surface area contributed by atoms with Crippen molar-refractivity contribution in [2.24, 2.45) is 5.41 Å². The Morgan fingerprint density at radius 3 is 2.24 bits per heavy atom. The quantitative estimate of drug-likeness (QED) is 0.388.